The molecule has 2 aromatic carbocycles. The molecule has 2 nitrogen and oxygen atoms in total. The first kappa shape index (κ1) is 19.9. The SMILES string of the molecule is CCCCC[C@H]1CC[C@H](c2ccc(-c3ccc(OC(=O)Cl)cc3)cc2)CC1. The van der Waals surface area contributed by atoms with Crippen molar-refractivity contribution in [1.82, 2.24) is 0 Å². The number of ether oxygens (including phenoxy) is 1. The van der Waals surface area contributed by atoms with E-state index in [0.717, 1.165) is 11.5 Å². The summed E-state index contributed by atoms with van der Waals surface area (Å²) in [4.78, 5) is 10.8. The van der Waals surface area contributed by atoms with Gasteiger partial charge in [-0.3, -0.25) is 0 Å². The lowest BCUT2D eigenvalue weighted by Gasteiger charge is -2.29. The number of carbonyl (C=O) groups excluding carboxylic acids is 1. The number of unbranched alkanes of at least 4 members (excludes halogenated alkanes) is 2. The normalized spacial score (nSPS) is 19.6. The van der Waals surface area contributed by atoms with Crippen molar-refractivity contribution >= 4 is 17.0 Å². The molecule has 2 aromatic rings. The Labute approximate surface area is 167 Å². The average molecular weight is 385 g/mol. The second kappa shape index (κ2) is 9.94. The largest absolute Gasteiger partial charge is 0.415 e. The standard InChI is InChI=1S/C24H29ClO2/c1-2-3-4-5-18-6-8-19(9-7-18)20-10-12-21(13-11-20)22-14-16-23(17-15-22)27-24(25)26/h10-19H,2-9H2,1H3/t18-,19-. The lowest BCUT2D eigenvalue weighted by atomic mass is 9.77. The summed E-state index contributed by atoms with van der Waals surface area (Å²) in [5.74, 6) is 2.13. The summed E-state index contributed by atoms with van der Waals surface area (Å²) in [6.07, 6.45) is 11.0. The van der Waals surface area contributed by atoms with Gasteiger partial charge in [0.25, 0.3) is 0 Å². The zero-order valence-corrected chi connectivity index (χ0v) is 16.9. The Hall–Kier alpha value is -1.80. The fourth-order valence-electron chi connectivity index (χ4n) is 4.22. The van der Waals surface area contributed by atoms with E-state index in [-0.39, 0.29) is 0 Å². The van der Waals surface area contributed by atoms with Gasteiger partial charge in [-0.2, -0.15) is 0 Å². The highest BCUT2D eigenvalue weighted by Gasteiger charge is 2.22. The van der Waals surface area contributed by atoms with Crippen LogP contribution < -0.4 is 4.74 Å². The van der Waals surface area contributed by atoms with Crippen LogP contribution in [0.4, 0.5) is 4.79 Å². The quantitative estimate of drug-likeness (QED) is 0.357. The smallest absolute Gasteiger partial charge is 0.409 e. The van der Waals surface area contributed by atoms with Crippen molar-refractivity contribution in [2.75, 3.05) is 0 Å². The lowest BCUT2D eigenvalue weighted by Crippen LogP contribution is -2.13. The van der Waals surface area contributed by atoms with Crippen molar-refractivity contribution < 1.29 is 9.53 Å². The maximum atomic E-state index is 10.8. The number of hydrogen-bond donors (Lipinski definition) is 0. The lowest BCUT2D eigenvalue weighted by molar-refractivity contribution is 0.225. The maximum absolute atomic E-state index is 10.8. The number of hydrogen-bond acceptors (Lipinski definition) is 2. The van der Waals surface area contributed by atoms with Gasteiger partial charge in [0.15, 0.2) is 0 Å². The first-order valence-electron chi connectivity index (χ1n) is 10.2. The van der Waals surface area contributed by atoms with Gasteiger partial charge in [-0.05, 0) is 66.3 Å². The van der Waals surface area contributed by atoms with Crippen molar-refractivity contribution in [3.63, 3.8) is 0 Å². The predicted octanol–water partition coefficient (Wildman–Crippen LogP) is 7.95. The molecule has 27 heavy (non-hydrogen) atoms. The Morgan fingerprint density at radius 2 is 1.52 bits per heavy atom. The van der Waals surface area contributed by atoms with E-state index in [0.29, 0.717) is 11.7 Å². The van der Waals surface area contributed by atoms with Crippen LogP contribution in [0, 0.1) is 5.92 Å². The Morgan fingerprint density at radius 3 is 2.07 bits per heavy atom. The third-order valence-electron chi connectivity index (χ3n) is 5.83. The van der Waals surface area contributed by atoms with Gasteiger partial charge in [0.05, 0.1) is 0 Å². The molecule has 0 heterocycles. The molecule has 0 saturated heterocycles. The average Bonchev–Trinajstić information content (AvgIpc) is 2.69. The van der Waals surface area contributed by atoms with Crippen molar-refractivity contribution in [2.24, 2.45) is 5.92 Å². The molecule has 0 amide bonds. The molecule has 0 radical (unpaired) electrons. The summed E-state index contributed by atoms with van der Waals surface area (Å²) in [5, 5.41) is 0. The molecule has 0 aromatic heterocycles. The molecule has 3 heteroatoms. The fraction of sp³-hybridized carbons (Fsp3) is 0.458. The van der Waals surface area contributed by atoms with Crippen molar-refractivity contribution in [2.45, 2.75) is 64.2 Å². The molecule has 0 atom stereocenters. The van der Waals surface area contributed by atoms with Crippen molar-refractivity contribution in [3.8, 4) is 16.9 Å². The van der Waals surface area contributed by atoms with Crippen LogP contribution in [0.5, 0.6) is 5.75 Å². The van der Waals surface area contributed by atoms with Gasteiger partial charge in [-0.15, -0.1) is 0 Å². The minimum absolute atomic E-state index is 0.464. The van der Waals surface area contributed by atoms with E-state index in [2.05, 4.69) is 31.2 Å². The van der Waals surface area contributed by atoms with E-state index in [1.54, 1.807) is 12.1 Å². The number of rotatable bonds is 7. The van der Waals surface area contributed by atoms with Crippen LogP contribution in [0.15, 0.2) is 48.5 Å². The Balaban J connectivity index is 1.55. The topological polar surface area (TPSA) is 26.3 Å². The monoisotopic (exact) mass is 384 g/mol. The third kappa shape index (κ3) is 5.84. The van der Waals surface area contributed by atoms with E-state index < -0.39 is 5.43 Å². The van der Waals surface area contributed by atoms with Crippen LogP contribution in [-0.4, -0.2) is 5.43 Å². The molecular formula is C24H29ClO2. The van der Waals surface area contributed by atoms with Crippen molar-refractivity contribution in [1.29, 1.82) is 0 Å². The summed E-state index contributed by atoms with van der Waals surface area (Å²) in [6.45, 7) is 2.28. The van der Waals surface area contributed by atoms with Gasteiger partial charge >= 0.3 is 5.43 Å². The summed E-state index contributed by atoms with van der Waals surface area (Å²) in [7, 11) is 0. The molecule has 1 fully saturated rings. The fourth-order valence-corrected chi connectivity index (χ4v) is 4.31. The van der Waals surface area contributed by atoms with Gasteiger partial charge in [0.2, 0.25) is 0 Å². The van der Waals surface area contributed by atoms with Crippen molar-refractivity contribution in [3.05, 3.63) is 54.1 Å². The van der Waals surface area contributed by atoms with E-state index in [9.17, 15) is 4.79 Å². The van der Waals surface area contributed by atoms with E-state index >= 15 is 0 Å². The number of halogens is 1. The van der Waals surface area contributed by atoms with E-state index in [4.69, 9.17) is 16.3 Å². The summed E-state index contributed by atoms with van der Waals surface area (Å²) in [5.41, 5.74) is 2.94. The number of carbonyl (C=O) groups is 1. The zero-order valence-electron chi connectivity index (χ0n) is 16.1. The Bertz CT molecular complexity index is 713. The molecule has 1 aliphatic rings. The van der Waals surface area contributed by atoms with Crippen LogP contribution in [0.25, 0.3) is 11.1 Å². The first-order chi connectivity index (χ1) is 13.2. The van der Waals surface area contributed by atoms with Gasteiger partial charge < -0.3 is 4.74 Å². The van der Waals surface area contributed by atoms with Gasteiger partial charge in [-0.25, -0.2) is 4.79 Å². The zero-order chi connectivity index (χ0) is 19.1. The highest BCUT2D eigenvalue weighted by atomic mass is 35.5. The van der Waals surface area contributed by atoms with Crippen LogP contribution in [0.2, 0.25) is 0 Å². The van der Waals surface area contributed by atoms with Gasteiger partial charge in [-0.1, -0.05) is 69.0 Å². The third-order valence-corrected chi connectivity index (χ3v) is 5.91. The molecule has 0 spiro atoms. The summed E-state index contributed by atoms with van der Waals surface area (Å²) >= 11 is 5.24. The molecule has 1 aliphatic carbocycles. The van der Waals surface area contributed by atoms with E-state index in [1.165, 1.54) is 62.5 Å². The Morgan fingerprint density at radius 1 is 0.926 bits per heavy atom. The van der Waals surface area contributed by atoms with Crippen LogP contribution in [0.1, 0.15) is 69.8 Å². The molecule has 3 rings (SSSR count). The van der Waals surface area contributed by atoms with E-state index in [1.807, 2.05) is 12.1 Å². The molecule has 0 unspecified atom stereocenters. The van der Waals surface area contributed by atoms with Gasteiger partial charge in [0, 0.05) is 11.6 Å². The molecular weight excluding hydrogens is 356 g/mol. The molecule has 0 aliphatic heterocycles. The molecule has 1 saturated carbocycles. The minimum atomic E-state index is -0.813. The van der Waals surface area contributed by atoms with Crippen LogP contribution in [0.3, 0.4) is 0 Å². The molecule has 144 valence electrons. The van der Waals surface area contributed by atoms with Gasteiger partial charge in [0.1, 0.15) is 5.75 Å². The number of benzene rings is 2. The first-order valence-corrected chi connectivity index (χ1v) is 10.6. The van der Waals surface area contributed by atoms with Crippen LogP contribution >= 0.6 is 11.6 Å². The summed E-state index contributed by atoms with van der Waals surface area (Å²) in [6, 6.07) is 16.4. The highest BCUT2D eigenvalue weighted by Crippen LogP contribution is 2.38. The second-order valence-corrected chi connectivity index (χ2v) is 8.01. The maximum Gasteiger partial charge on any atom is 0.409 e. The highest BCUT2D eigenvalue weighted by molar-refractivity contribution is 6.61. The van der Waals surface area contributed by atoms with Crippen LogP contribution in [-0.2, 0) is 0 Å². The predicted molar refractivity (Wildman–Crippen MR) is 113 cm³/mol. The second-order valence-electron chi connectivity index (χ2n) is 7.70. The molecule has 0 bridgehead atoms. The molecule has 0 N–H and O–H groups in total. The summed E-state index contributed by atoms with van der Waals surface area (Å²) < 4.78 is 4.87. The Kier molecular flexibility index (Phi) is 7.34. The minimum Gasteiger partial charge on any atom is -0.415 e.